The summed E-state index contributed by atoms with van der Waals surface area (Å²) in [7, 11) is 0. The molecule has 0 aromatic heterocycles. The standard InChI is InChI=1S/C29H48N2O3/c1-5-20-9-11-23-22-10-8-21-15-26(33)25(16-29(21,4)24(22)12-13-28(20,23)3)31-34-27(18(2)32)19-7-6-14-30-17-19/h8,18-20,22-24,26-27,30,32-33H,5-7,9-17H2,1-4H3/t18?,19?,20-,22-,23-,24-,26+,27?,28+,29-/m0/s1. The van der Waals surface area contributed by atoms with Crippen LogP contribution in [0.2, 0.25) is 0 Å². The number of piperidine rings is 1. The third-order valence-electron chi connectivity index (χ3n) is 11.2. The van der Waals surface area contributed by atoms with Crippen molar-refractivity contribution < 1.29 is 15.1 Å². The second-order valence-corrected chi connectivity index (χ2v) is 12.9. The molecule has 192 valence electrons. The quantitative estimate of drug-likeness (QED) is 0.386. The van der Waals surface area contributed by atoms with Crippen molar-refractivity contribution in [1.82, 2.24) is 5.32 Å². The summed E-state index contributed by atoms with van der Waals surface area (Å²) in [6.07, 6.45) is 12.6. The molecular weight excluding hydrogens is 424 g/mol. The van der Waals surface area contributed by atoms with Gasteiger partial charge in [0.15, 0.2) is 6.10 Å². The Morgan fingerprint density at radius 3 is 2.74 bits per heavy atom. The molecule has 1 saturated heterocycles. The highest BCUT2D eigenvalue weighted by Gasteiger charge is 2.58. The van der Waals surface area contributed by atoms with Crippen LogP contribution in [-0.2, 0) is 4.84 Å². The molecule has 0 aromatic carbocycles. The molecule has 5 rings (SSSR count). The van der Waals surface area contributed by atoms with Crippen molar-refractivity contribution in [3.8, 4) is 0 Å². The van der Waals surface area contributed by atoms with Gasteiger partial charge in [0.25, 0.3) is 0 Å². The van der Waals surface area contributed by atoms with E-state index in [1.807, 2.05) is 0 Å². The van der Waals surface area contributed by atoms with E-state index in [1.165, 1.54) is 44.1 Å². The first kappa shape index (κ1) is 24.8. The summed E-state index contributed by atoms with van der Waals surface area (Å²) in [5.74, 6) is 3.43. The predicted octanol–water partition coefficient (Wildman–Crippen LogP) is 5.07. The Morgan fingerprint density at radius 1 is 1.21 bits per heavy atom. The Labute approximate surface area is 206 Å². The van der Waals surface area contributed by atoms with Crippen LogP contribution in [0.15, 0.2) is 16.8 Å². The van der Waals surface area contributed by atoms with Crippen molar-refractivity contribution in [1.29, 1.82) is 0 Å². The topological polar surface area (TPSA) is 74.1 Å². The van der Waals surface area contributed by atoms with Crippen molar-refractivity contribution in [2.45, 2.75) is 110 Å². The number of nitrogens with one attached hydrogen (secondary N) is 1. The van der Waals surface area contributed by atoms with E-state index in [0.29, 0.717) is 17.8 Å². The number of oxime groups is 1. The van der Waals surface area contributed by atoms with Crippen molar-refractivity contribution >= 4 is 5.71 Å². The lowest BCUT2D eigenvalue weighted by Crippen LogP contribution is -2.52. The van der Waals surface area contributed by atoms with Gasteiger partial charge in [0.1, 0.15) is 0 Å². The smallest absolute Gasteiger partial charge is 0.156 e. The molecule has 5 nitrogen and oxygen atoms in total. The molecule has 5 aliphatic rings. The number of fused-ring (bicyclic) bond motifs is 5. The number of allylic oxidation sites excluding steroid dienone is 1. The van der Waals surface area contributed by atoms with Gasteiger partial charge in [0.05, 0.1) is 17.9 Å². The van der Waals surface area contributed by atoms with Crippen LogP contribution < -0.4 is 5.32 Å². The Bertz CT molecular complexity index is 803. The molecule has 1 heterocycles. The first-order chi connectivity index (χ1) is 16.3. The molecule has 0 radical (unpaired) electrons. The van der Waals surface area contributed by atoms with Gasteiger partial charge in [-0.25, -0.2) is 0 Å². The third-order valence-corrected chi connectivity index (χ3v) is 11.2. The van der Waals surface area contributed by atoms with Gasteiger partial charge < -0.3 is 20.4 Å². The zero-order valence-electron chi connectivity index (χ0n) is 21.9. The highest BCUT2D eigenvalue weighted by Crippen LogP contribution is 2.66. The summed E-state index contributed by atoms with van der Waals surface area (Å²) >= 11 is 0. The zero-order chi connectivity index (χ0) is 24.1. The van der Waals surface area contributed by atoms with E-state index >= 15 is 0 Å². The molecule has 3 unspecified atom stereocenters. The van der Waals surface area contributed by atoms with Crippen LogP contribution in [0.5, 0.6) is 0 Å². The zero-order valence-corrected chi connectivity index (χ0v) is 21.9. The molecule has 0 bridgehead atoms. The summed E-state index contributed by atoms with van der Waals surface area (Å²) < 4.78 is 0. The first-order valence-electron chi connectivity index (χ1n) is 14.3. The van der Waals surface area contributed by atoms with Gasteiger partial charge in [-0.1, -0.05) is 44.0 Å². The van der Waals surface area contributed by atoms with Crippen LogP contribution in [0.4, 0.5) is 0 Å². The summed E-state index contributed by atoms with van der Waals surface area (Å²) in [4.78, 5) is 6.05. The fraction of sp³-hybridized carbons (Fsp3) is 0.897. The van der Waals surface area contributed by atoms with E-state index in [-0.39, 0.29) is 17.4 Å². The molecule has 3 N–H and O–H groups in total. The van der Waals surface area contributed by atoms with Crippen molar-refractivity contribution in [2.24, 2.45) is 45.6 Å². The minimum atomic E-state index is -0.579. The Balaban J connectivity index is 1.36. The monoisotopic (exact) mass is 472 g/mol. The highest BCUT2D eigenvalue weighted by atomic mass is 16.6. The first-order valence-corrected chi connectivity index (χ1v) is 14.3. The van der Waals surface area contributed by atoms with E-state index < -0.39 is 12.2 Å². The summed E-state index contributed by atoms with van der Waals surface area (Å²) in [5.41, 5.74) is 2.84. The lowest BCUT2D eigenvalue weighted by Gasteiger charge is -2.58. The van der Waals surface area contributed by atoms with E-state index in [2.05, 4.69) is 37.3 Å². The molecule has 34 heavy (non-hydrogen) atoms. The van der Waals surface area contributed by atoms with Crippen LogP contribution in [0.1, 0.15) is 91.9 Å². The lowest BCUT2D eigenvalue weighted by atomic mass is 9.47. The molecule has 4 aliphatic carbocycles. The average molecular weight is 473 g/mol. The maximum atomic E-state index is 11.0. The van der Waals surface area contributed by atoms with E-state index in [9.17, 15) is 10.2 Å². The van der Waals surface area contributed by atoms with Crippen LogP contribution >= 0.6 is 0 Å². The summed E-state index contributed by atoms with van der Waals surface area (Å²) in [6.45, 7) is 11.1. The predicted molar refractivity (Wildman–Crippen MR) is 136 cm³/mol. The van der Waals surface area contributed by atoms with E-state index in [4.69, 9.17) is 4.84 Å². The second kappa shape index (κ2) is 9.52. The minimum absolute atomic E-state index is 0.0721. The molecule has 10 atom stereocenters. The Morgan fingerprint density at radius 2 is 2.03 bits per heavy atom. The van der Waals surface area contributed by atoms with E-state index in [1.54, 1.807) is 6.92 Å². The number of rotatable bonds is 5. The van der Waals surface area contributed by atoms with Gasteiger partial charge in [-0.3, -0.25) is 0 Å². The Kier molecular flexibility index (Phi) is 6.93. The lowest BCUT2D eigenvalue weighted by molar-refractivity contribution is -0.0675. The van der Waals surface area contributed by atoms with Crippen molar-refractivity contribution in [2.75, 3.05) is 13.1 Å². The Hall–Kier alpha value is -0.910. The fourth-order valence-corrected chi connectivity index (χ4v) is 9.27. The molecule has 0 spiro atoms. The van der Waals surface area contributed by atoms with Crippen LogP contribution in [-0.4, -0.2) is 47.3 Å². The van der Waals surface area contributed by atoms with Crippen molar-refractivity contribution in [3.63, 3.8) is 0 Å². The van der Waals surface area contributed by atoms with E-state index in [0.717, 1.165) is 55.8 Å². The molecule has 3 saturated carbocycles. The summed E-state index contributed by atoms with van der Waals surface area (Å²) in [6, 6.07) is 0. The maximum Gasteiger partial charge on any atom is 0.156 e. The second-order valence-electron chi connectivity index (χ2n) is 12.9. The van der Waals surface area contributed by atoms with Gasteiger partial charge >= 0.3 is 0 Å². The normalized spacial score (nSPS) is 47.2. The average Bonchev–Trinajstić information content (AvgIpc) is 3.16. The number of hydrogen-bond acceptors (Lipinski definition) is 5. The van der Waals surface area contributed by atoms with Crippen LogP contribution in [0.3, 0.4) is 0 Å². The molecule has 5 heteroatoms. The summed E-state index contributed by atoms with van der Waals surface area (Å²) in [5, 5.41) is 29.4. The number of hydrogen-bond donors (Lipinski definition) is 3. The van der Waals surface area contributed by atoms with Gasteiger partial charge in [0, 0.05) is 25.3 Å². The number of nitrogens with zero attached hydrogens (tertiary/aromatic N) is 1. The third kappa shape index (κ3) is 4.08. The number of aliphatic hydroxyl groups is 2. The largest absolute Gasteiger partial charge is 0.389 e. The number of aliphatic hydroxyl groups excluding tert-OH is 2. The molecule has 0 amide bonds. The van der Waals surface area contributed by atoms with Crippen molar-refractivity contribution in [3.05, 3.63) is 11.6 Å². The van der Waals surface area contributed by atoms with Gasteiger partial charge in [-0.05, 0) is 92.9 Å². The maximum absolute atomic E-state index is 11.0. The van der Waals surface area contributed by atoms with Crippen LogP contribution in [0, 0.1) is 40.4 Å². The molecule has 1 aliphatic heterocycles. The molecular formula is C29H48N2O3. The highest BCUT2D eigenvalue weighted by molar-refractivity contribution is 5.90. The molecule has 0 aromatic rings. The minimum Gasteiger partial charge on any atom is -0.389 e. The molecule has 4 fully saturated rings. The van der Waals surface area contributed by atoms with Gasteiger partial charge in [0.2, 0.25) is 0 Å². The van der Waals surface area contributed by atoms with Crippen LogP contribution in [0.25, 0.3) is 0 Å². The SMILES string of the molecule is CC[C@H]1CC[C@H]2[C@@H]3CC=C4C[C@@H](O)C(=NOC(C(C)O)C5CCCNC5)C[C@]4(C)[C@H]3CC[C@]12C. The van der Waals surface area contributed by atoms with Gasteiger partial charge in [-0.2, -0.15) is 0 Å². The fourth-order valence-electron chi connectivity index (χ4n) is 9.27. The van der Waals surface area contributed by atoms with Gasteiger partial charge in [-0.15, -0.1) is 0 Å².